The Labute approximate surface area is 98.2 Å². The normalized spacial score (nSPS) is 32.9. The Morgan fingerprint density at radius 1 is 1.38 bits per heavy atom. The lowest BCUT2D eigenvalue weighted by Crippen LogP contribution is -2.51. The van der Waals surface area contributed by atoms with Crippen molar-refractivity contribution in [1.29, 1.82) is 0 Å². The van der Waals surface area contributed by atoms with Gasteiger partial charge < -0.3 is 11.1 Å². The highest BCUT2D eigenvalue weighted by atomic mass is 16.1. The minimum Gasteiger partial charge on any atom is -0.353 e. The lowest BCUT2D eigenvalue weighted by molar-refractivity contribution is -0.124. The molecule has 3 heteroatoms. The number of carbonyl (C=O) groups excluding carboxylic acids is 1. The molecule has 0 aromatic carbocycles. The van der Waals surface area contributed by atoms with Gasteiger partial charge in [0.1, 0.15) is 0 Å². The molecule has 2 saturated carbocycles. The van der Waals surface area contributed by atoms with Crippen molar-refractivity contribution in [3.05, 3.63) is 0 Å². The van der Waals surface area contributed by atoms with Crippen LogP contribution >= 0.6 is 0 Å². The van der Waals surface area contributed by atoms with E-state index in [9.17, 15) is 4.79 Å². The molecule has 16 heavy (non-hydrogen) atoms. The molecule has 2 aliphatic carbocycles. The van der Waals surface area contributed by atoms with E-state index in [0.29, 0.717) is 12.5 Å². The molecule has 0 bridgehead atoms. The molecule has 0 aliphatic heterocycles. The number of hydrogen-bond acceptors (Lipinski definition) is 2. The van der Waals surface area contributed by atoms with E-state index in [2.05, 4.69) is 12.2 Å². The molecule has 0 spiro atoms. The number of rotatable bonds is 3. The van der Waals surface area contributed by atoms with Crippen LogP contribution in [0.5, 0.6) is 0 Å². The van der Waals surface area contributed by atoms with Gasteiger partial charge in [-0.05, 0) is 38.0 Å². The van der Waals surface area contributed by atoms with Crippen molar-refractivity contribution in [2.75, 3.05) is 0 Å². The second kappa shape index (κ2) is 4.74. The third-order valence-electron chi connectivity index (χ3n) is 4.16. The molecule has 0 aromatic rings. The molecule has 2 fully saturated rings. The molecule has 3 nitrogen and oxygen atoms in total. The predicted molar refractivity (Wildman–Crippen MR) is 64.9 cm³/mol. The van der Waals surface area contributed by atoms with E-state index < -0.39 is 0 Å². The number of hydrogen-bond donors (Lipinski definition) is 2. The van der Waals surface area contributed by atoms with E-state index in [0.717, 1.165) is 31.6 Å². The van der Waals surface area contributed by atoms with Crippen LogP contribution in [0.4, 0.5) is 0 Å². The Bertz CT molecular complexity index is 261. The Morgan fingerprint density at radius 2 is 2.12 bits per heavy atom. The van der Waals surface area contributed by atoms with Gasteiger partial charge in [-0.2, -0.15) is 0 Å². The molecule has 2 aliphatic rings. The Balaban J connectivity index is 1.74. The van der Waals surface area contributed by atoms with Crippen molar-refractivity contribution in [1.82, 2.24) is 5.32 Å². The molecule has 0 aromatic heterocycles. The molecule has 2 unspecified atom stereocenters. The van der Waals surface area contributed by atoms with Crippen LogP contribution in [0.15, 0.2) is 0 Å². The van der Waals surface area contributed by atoms with Gasteiger partial charge in [0.2, 0.25) is 5.91 Å². The molecular weight excluding hydrogens is 200 g/mol. The molecule has 2 atom stereocenters. The predicted octanol–water partition coefficient (Wildman–Crippen LogP) is 1.95. The molecule has 0 radical (unpaired) electrons. The maximum absolute atomic E-state index is 11.8. The van der Waals surface area contributed by atoms with Gasteiger partial charge in [-0.15, -0.1) is 0 Å². The van der Waals surface area contributed by atoms with Gasteiger partial charge in [-0.1, -0.05) is 19.8 Å². The standard InChI is InChI=1S/C13H24N2O/c1-10-4-2-5-11(8-10)15-12(16)9-13(14)6-3-7-13/h10-11H,2-9,14H2,1H3,(H,15,16). The van der Waals surface area contributed by atoms with Gasteiger partial charge >= 0.3 is 0 Å². The highest BCUT2D eigenvalue weighted by Gasteiger charge is 2.35. The summed E-state index contributed by atoms with van der Waals surface area (Å²) in [7, 11) is 0. The van der Waals surface area contributed by atoms with Crippen molar-refractivity contribution < 1.29 is 4.79 Å². The van der Waals surface area contributed by atoms with Gasteiger partial charge in [0.15, 0.2) is 0 Å². The van der Waals surface area contributed by atoms with Crippen molar-refractivity contribution in [2.45, 2.75) is 69.9 Å². The second-order valence-corrected chi connectivity index (χ2v) is 5.93. The smallest absolute Gasteiger partial charge is 0.222 e. The first-order valence-electron chi connectivity index (χ1n) is 6.66. The third-order valence-corrected chi connectivity index (χ3v) is 4.16. The second-order valence-electron chi connectivity index (χ2n) is 5.93. The SMILES string of the molecule is CC1CCCC(NC(=O)CC2(N)CCC2)C1. The molecule has 3 N–H and O–H groups in total. The minimum absolute atomic E-state index is 0.168. The van der Waals surface area contributed by atoms with Crippen LogP contribution in [0, 0.1) is 5.92 Å². The molecular formula is C13H24N2O. The summed E-state index contributed by atoms with van der Waals surface area (Å²) in [6, 6.07) is 0.403. The number of nitrogens with one attached hydrogen (secondary N) is 1. The van der Waals surface area contributed by atoms with Crippen LogP contribution in [0.3, 0.4) is 0 Å². The first kappa shape index (κ1) is 11.9. The largest absolute Gasteiger partial charge is 0.353 e. The van der Waals surface area contributed by atoms with Gasteiger partial charge in [-0.3, -0.25) is 4.79 Å². The summed E-state index contributed by atoms with van der Waals surface area (Å²) < 4.78 is 0. The zero-order chi connectivity index (χ0) is 11.6. The van der Waals surface area contributed by atoms with Gasteiger partial charge in [-0.25, -0.2) is 0 Å². The van der Waals surface area contributed by atoms with E-state index in [1.807, 2.05) is 0 Å². The lowest BCUT2D eigenvalue weighted by Gasteiger charge is -2.38. The molecule has 0 heterocycles. The van der Waals surface area contributed by atoms with Crippen molar-refractivity contribution in [2.24, 2.45) is 11.7 Å². The Kier molecular flexibility index (Phi) is 3.53. The molecule has 2 rings (SSSR count). The Morgan fingerprint density at radius 3 is 2.69 bits per heavy atom. The molecule has 1 amide bonds. The summed E-state index contributed by atoms with van der Waals surface area (Å²) in [6.45, 7) is 2.27. The first-order chi connectivity index (χ1) is 7.57. The van der Waals surface area contributed by atoms with Gasteiger partial charge in [0.05, 0.1) is 0 Å². The summed E-state index contributed by atoms with van der Waals surface area (Å²) in [6.07, 6.45) is 8.59. The monoisotopic (exact) mass is 224 g/mol. The fourth-order valence-electron chi connectivity index (χ4n) is 2.97. The summed E-state index contributed by atoms with van der Waals surface area (Å²) in [5.74, 6) is 0.927. The van der Waals surface area contributed by atoms with E-state index >= 15 is 0 Å². The summed E-state index contributed by atoms with van der Waals surface area (Å²) in [4.78, 5) is 11.8. The van der Waals surface area contributed by atoms with Crippen molar-refractivity contribution >= 4 is 5.91 Å². The quantitative estimate of drug-likeness (QED) is 0.770. The fraction of sp³-hybridized carbons (Fsp3) is 0.923. The van der Waals surface area contributed by atoms with Crippen LogP contribution in [-0.2, 0) is 4.79 Å². The minimum atomic E-state index is -0.176. The van der Waals surface area contributed by atoms with Crippen LogP contribution in [0.2, 0.25) is 0 Å². The van der Waals surface area contributed by atoms with Crippen LogP contribution in [0.1, 0.15) is 58.3 Å². The highest BCUT2D eigenvalue weighted by Crippen LogP contribution is 2.32. The van der Waals surface area contributed by atoms with Crippen LogP contribution in [0.25, 0.3) is 0 Å². The van der Waals surface area contributed by atoms with Gasteiger partial charge in [0.25, 0.3) is 0 Å². The topological polar surface area (TPSA) is 55.1 Å². The molecule has 0 saturated heterocycles. The van der Waals surface area contributed by atoms with Gasteiger partial charge in [0, 0.05) is 18.0 Å². The zero-order valence-electron chi connectivity index (χ0n) is 10.3. The number of carbonyl (C=O) groups is 1. The third kappa shape index (κ3) is 2.97. The lowest BCUT2D eigenvalue weighted by atomic mass is 9.75. The van der Waals surface area contributed by atoms with E-state index in [-0.39, 0.29) is 11.4 Å². The average molecular weight is 224 g/mol. The van der Waals surface area contributed by atoms with Crippen LogP contribution in [-0.4, -0.2) is 17.5 Å². The summed E-state index contributed by atoms with van der Waals surface area (Å²) >= 11 is 0. The fourth-order valence-corrected chi connectivity index (χ4v) is 2.97. The summed E-state index contributed by atoms with van der Waals surface area (Å²) in [5.41, 5.74) is 5.90. The molecule has 92 valence electrons. The number of amides is 1. The number of nitrogens with two attached hydrogens (primary N) is 1. The van der Waals surface area contributed by atoms with Crippen molar-refractivity contribution in [3.63, 3.8) is 0 Å². The Hall–Kier alpha value is -0.570. The van der Waals surface area contributed by atoms with E-state index in [1.54, 1.807) is 0 Å². The highest BCUT2D eigenvalue weighted by molar-refractivity contribution is 5.77. The average Bonchev–Trinajstić information content (AvgIpc) is 2.15. The zero-order valence-corrected chi connectivity index (χ0v) is 10.3. The maximum Gasteiger partial charge on any atom is 0.222 e. The van der Waals surface area contributed by atoms with Crippen LogP contribution < -0.4 is 11.1 Å². The van der Waals surface area contributed by atoms with E-state index in [4.69, 9.17) is 5.73 Å². The summed E-state index contributed by atoms with van der Waals surface area (Å²) in [5, 5.41) is 3.15. The van der Waals surface area contributed by atoms with E-state index in [1.165, 1.54) is 19.3 Å². The maximum atomic E-state index is 11.8. The first-order valence-corrected chi connectivity index (χ1v) is 6.66. The van der Waals surface area contributed by atoms with Crippen molar-refractivity contribution in [3.8, 4) is 0 Å².